The lowest BCUT2D eigenvalue weighted by Gasteiger charge is -2.35. The lowest BCUT2D eigenvalue weighted by Crippen LogP contribution is -2.45. The van der Waals surface area contributed by atoms with Crippen LogP contribution < -0.4 is 15.5 Å². The number of nitrogens with zero attached hydrogens (tertiary/aromatic N) is 4. The van der Waals surface area contributed by atoms with E-state index in [1.807, 2.05) is 25.2 Å². The third-order valence-electron chi connectivity index (χ3n) is 6.82. The minimum Gasteiger partial charge on any atom is -0.478 e. The molecule has 3 aromatic rings. The van der Waals surface area contributed by atoms with Gasteiger partial charge in [-0.15, -0.1) is 0 Å². The van der Waals surface area contributed by atoms with Crippen LogP contribution in [0.2, 0.25) is 5.02 Å². The van der Waals surface area contributed by atoms with E-state index in [1.165, 1.54) is 18.0 Å². The van der Waals surface area contributed by atoms with E-state index < -0.39 is 5.97 Å². The summed E-state index contributed by atoms with van der Waals surface area (Å²) < 4.78 is 0. The molecule has 0 bridgehead atoms. The quantitative estimate of drug-likeness (QED) is 0.348. The average molecular weight is 593 g/mol. The summed E-state index contributed by atoms with van der Waals surface area (Å²) >= 11 is 7.51. The normalized spacial score (nSPS) is 18.0. The molecular formula is C29H29ClN6O4S. The number of hydrogen-bond donors (Lipinski definition) is 3. The summed E-state index contributed by atoms with van der Waals surface area (Å²) in [6.45, 7) is 6.64. The molecule has 0 radical (unpaired) electrons. The Labute approximate surface area is 246 Å². The number of fused-ring (bicyclic) bond motifs is 1. The molecule has 3 N–H and O–H groups in total. The first-order chi connectivity index (χ1) is 19.6. The Morgan fingerprint density at radius 1 is 1.17 bits per heavy atom. The lowest BCUT2D eigenvalue weighted by molar-refractivity contribution is -0.119. The van der Waals surface area contributed by atoms with Crippen molar-refractivity contribution in [1.29, 1.82) is 0 Å². The van der Waals surface area contributed by atoms with Crippen LogP contribution in [0.5, 0.6) is 0 Å². The van der Waals surface area contributed by atoms with Crippen LogP contribution in [-0.4, -0.2) is 71.2 Å². The molecule has 41 heavy (non-hydrogen) atoms. The Bertz CT molecular complexity index is 1610. The number of carboxylic acids is 1. The van der Waals surface area contributed by atoms with Gasteiger partial charge in [0.05, 0.1) is 26.8 Å². The molecule has 1 aromatic heterocycles. The molecule has 3 heterocycles. The van der Waals surface area contributed by atoms with Crippen LogP contribution in [0.4, 0.5) is 17.1 Å². The first-order valence-electron chi connectivity index (χ1n) is 13.1. The van der Waals surface area contributed by atoms with Crippen LogP contribution in [0, 0.1) is 5.92 Å². The predicted octanol–water partition coefficient (Wildman–Crippen LogP) is 4.82. The monoisotopic (exact) mass is 592 g/mol. The second-order valence-electron chi connectivity index (χ2n) is 10.2. The zero-order chi connectivity index (χ0) is 29.3. The van der Waals surface area contributed by atoms with Crippen LogP contribution in [0.25, 0.3) is 17.0 Å². The van der Waals surface area contributed by atoms with Gasteiger partial charge in [-0.05, 0) is 60.8 Å². The number of carbonyl (C=O) groups is 3. The first kappa shape index (κ1) is 28.6. The maximum absolute atomic E-state index is 12.8. The number of carboxylic acid groups (broad SMARTS) is 1. The highest BCUT2D eigenvalue weighted by Gasteiger charge is 2.26. The van der Waals surface area contributed by atoms with Crippen LogP contribution in [0.3, 0.4) is 0 Å². The van der Waals surface area contributed by atoms with Gasteiger partial charge in [0, 0.05) is 49.4 Å². The van der Waals surface area contributed by atoms with E-state index in [0.717, 1.165) is 18.7 Å². The van der Waals surface area contributed by atoms with E-state index in [4.69, 9.17) is 11.6 Å². The third kappa shape index (κ3) is 6.37. The van der Waals surface area contributed by atoms with Gasteiger partial charge in [0.25, 0.3) is 5.91 Å². The largest absolute Gasteiger partial charge is 0.478 e. The second kappa shape index (κ2) is 11.9. The molecule has 0 aliphatic carbocycles. The van der Waals surface area contributed by atoms with E-state index in [-0.39, 0.29) is 23.3 Å². The number of benzene rings is 2. The van der Waals surface area contributed by atoms with Crippen molar-refractivity contribution in [3.05, 3.63) is 63.6 Å². The van der Waals surface area contributed by atoms with Crippen molar-refractivity contribution in [2.24, 2.45) is 10.9 Å². The molecule has 2 fully saturated rings. The number of amidine groups is 1. The van der Waals surface area contributed by atoms with Gasteiger partial charge in [-0.25, -0.2) is 9.79 Å². The number of aliphatic imine (C=N–C) groups is 1. The van der Waals surface area contributed by atoms with Crippen molar-refractivity contribution in [2.45, 2.75) is 13.8 Å². The molecule has 2 saturated heterocycles. The van der Waals surface area contributed by atoms with Gasteiger partial charge in [0.2, 0.25) is 5.91 Å². The summed E-state index contributed by atoms with van der Waals surface area (Å²) in [6, 6.07) is 10.5. The van der Waals surface area contributed by atoms with E-state index in [1.54, 1.807) is 38.1 Å². The van der Waals surface area contributed by atoms with Crippen molar-refractivity contribution in [3.63, 3.8) is 0 Å². The number of carbonyl (C=O) groups excluding carboxylic acids is 2. The standard InChI is InChI=1S/C29H29ClN6O4S/c1-16(2)26(37)32-18-5-6-21(30)23(14-18)33-29-34-27(38)24(41-29)13-17-4-7-22-19(12-17)25(20(15-31-22)28(39)40)36-10-8-35(3)9-11-36/h4-7,12-16H,8-11H2,1-3H3,(H,32,37)(H,39,40)(H,33,34,38)/b24-13-. The molecule has 2 aromatic carbocycles. The van der Waals surface area contributed by atoms with Gasteiger partial charge in [-0.1, -0.05) is 31.5 Å². The van der Waals surface area contributed by atoms with Gasteiger partial charge in [0.1, 0.15) is 5.56 Å². The summed E-state index contributed by atoms with van der Waals surface area (Å²) in [5, 5.41) is 16.9. The number of anilines is 2. The summed E-state index contributed by atoms with van der Waals surface area (Å²) in [4.78, 5) is 50.6. The first-order valence-corrected chi connectivity index (χ1v) is 14.3. The van der Waals surface area contributed by atoms with Gasteiger partial charge >= 0.3 is 5.97 Å². The van der Waals surface area contributed by atoms with Crippen LogP contribution in [-0.2, 0) is 9.59 Å². The average Bonchev–Trinajstić information content (AvgIpc) is 3.28. The number of aromatic carboxylic acids is 1. The van der Waals surface area contributed by atoms with Crippen LogP contribution in [0.1, 0.15) is 29.8 Å². The number of amides is 2. The second-order valence-corrected chi connectivity index (χ2v) is 11.6. The van der Waals surface area contributed by atoms with Crippen molar-refractivity contribution in [2.75, 3.05) is 43.4 Å². The number of nitrogens with one attached hydrogen (secondary N) is 2. The highest BCUT2D eigenvalue weighted by Crippen LogP contribution is 2.35. The molecular weight excluding hydrogens is 564 g/mol. The molecule has 0 saturated carbocycles. The number of rotatable bonds is 6. The van der Waals surface area contributed by atoms with E-state index in [2.05, 4.69) is 30.4 Å². The Kier molecular flexibility index (Phi) is 8.30. The van der Waals surface area contributed by atoms with E-state index in [9.17, 15) is 19.5 Å². The van der Waals surface area contributed by atoms with Gasteiger partial charge in [-0.3, -0.25) is 14.6 Å². The smallest absolute Gasteiger partial charge is 0.339 e. The molecule has 5 rings (SSSR count). The zero-order valence-electron chi connectivity index (χ0n) is 22.8. The van der Waals surface area contributed by atoms with Crippen molar-refractivity contribution in [1.82, 2.24) is 15.2 Å². The maximum Gasteiger partial charge on any atom is 0.339 e. The van der Waals surface area contributed by atoms with Gasteiger partial charge in [0.15, 0.2) is 5.17 Å². The number of hydrogen-bond acceptors (Lipinski definition) is 8. The highest BCUT2D eigenvalue weighted by atomic mass is 35.5. The molecule has 2 aliphatic heterocycles. The van der Waals surface area contributed by atoms with E-state index in [0.29, 0.717) is 56.2 Å². The maximum atomic E-state index is 12.8. The molecule has 212 valence electrons. The summed E-state index contributed by atoms with van der Waals surface area (Å²) in [5.41, 5.74) is 3.16. The number of halogens is 1. The summed E-state index contributed by atoms with van der Waals surface area (Å²) in [7, 11) is 2.04. The molecule has 0 atom stereocenters. The summed E-state index contributed by atoms with van der Waals surface area (Å²) in [5.74, 6) is -1.66. The number of likely N-dealkylation sites (N-methyl/N-ethyl adjacent to an activating group) is 1. The van der Waals surface area contributed by atoms with Gasteiger partial charge in [-0.2, -0.15) is 0 Å². The van der Waals surface area contributed by atoms with Crippen molar-refractivity contribution < 1.29 is 19.5 Å². The number of thioether (sulfide) groups is 1. The molecule has 2 amide bonds. The molecule has 10 nitrogen and oxygen atoms in total. The topological polar surface area (TPSA) is 127 Å². The Morgan fingerprint density at radius 2 is 1.93 bits per heavy atom. The Hall–Kier alpha value is -3.93. The Morgan fingerprint density at radius 3 is 2.63 bits per heavy atom. The lowest BCUT2D eigenvalue weighted by atomic mass is 10.0. The minimum atomic E-state index is -1.03. The summed E-state index contributed by atoms with van der Waals surface area (Å²) in [6.07, 6.45) is 3.15. The van der Waals surface area contributed by atoms with Crippen molar-refractivity contribution >= 4 is 80.4 Å². The fraction of sp³-hybridized carbons (Fsp3) is 0.276. The minimum absolute atomic E-state index is 0.128. The molecule has 0 unspecified atom stereocenters. The number of pyridine rings is 1. The molecule has 2 aliphatic rings. The van der Waals surface area contributed by atoms with Crippen LogP contribution >= 0.6 is 23.4 Å². The molecule has 12 heteroatoms. The third-order valence-corrected chi connectivity index (χ3v) is 8.05. The molecule has 0 spiro atoms. The SMILES string of the molecule is CC(C)C(=O)Nc1ccc(Cl)c(N=C2NC(=O)/C(=C/c3ccc4ncc(C(=O)O)c(N5CCN(C)CC5)c4c3)S2)c1. The van der Waals surface area contributed by atoms with Gasteiger partial charge < -0.3 is 25.5 Å². The van der Waals surface area contributed by atoms with Crippen molar-refractivity contribution in [3.8, 4) is 0 Å². The zero-order valence-corrected chi connectivity index (χ0v) is 24.3. The number of aromatic nitrogens is 1. The Balaban J connectivity index is 1.45. The fourth-order valence-electron chi connectivity index (χ4n) is 4.52. The predicted molar refractivity (Wildman–Crippen MR) is 164 cm³/mol. The highest BCUT2D eigenvalue weighted by molar-refractivity contribution is 8.18. The number of piperazine rings is 1. The van der Waals surface area contributed by atoms with E-state index >= 15 is 0 Å². The van der Waals surface area contributed by atoms with Crippen LogP contribution in [0.15, 0.2) is 52.5 Å². The fourth-order valence-corrected chi connectivity index (χ4v) is 5.51.